The Bertz CT molecular complexity index is 283. The van der Waals surface area contributed by atoms with E-state index in [9.17, 15) is 0 Å². The zero-order valence-electron chi connectivity index (χ0n) is 4.52. The molecule has 0 fully saturated rings. The molecule has 2 aromatic rings. The fourth-order valence-corrected chi connectivity index (χ4v) is 0.638. The second kappa shape index (κ2) is 1.51. The number of hydrogen-bond acceptors (Lipinski definition) is 3. The number of pyridine rings is 1. The maximum absolute atomic E-state index is 3.69. The number of nitrogens with zero attached hydrogens (tertiary/aromatic N) is 4. The van der Waals surface area contributed by atoms with Gasteiger partial charge in [0.15, 0.2) is 5.65 Å². The topological polar surface area (TPSA) is 43.1 Å². The normalized spacial score (nSPS) is 10.2. The quantitative estimate of drug-likeness (QED) is 0.487. The van der Waals surface area contributed by atoms with Gasteiger partial charge in [-0.25, -0.2) is 0 Å². The Balaban J connectivity index is 2.95. The highest BCUT2D eigenvalue weighted by Gasteiger charge is 1.89. The molecule has 0 aliphatic rings. The first-order valence-electron chi connectivity index (χ1n) is 2.51. The maximum atomic E-state index is 3.69. The molecule has 1 radical (unpaired) electrons. The van der Waals surface area contributed by atoms with Gasteiger partial charge in [-0.1, -0.05) is 6.07 Å². The second-order valence-electron chi connectivity index (χ2n) is 1.60. The third kappa shape index (κ3) is 0.561. The third-order valence-electron chi connectivity index (χ3n) is 1.03. The number of fused-ring (bicyclic) bond motifs is 1. The van der Waals surface area contributed by atoms with Crippen LogP contribution in [0.25, 0.3) is 5.65 Å². The molecule has 4 nitrogen and oxygen atoms in total. The number of aromatic nitrogens is 4. The molecule has 0 atom stereocenters. The molecule has 0 spiro atoms. The maximum Gasteiger partial charge on any atom is 0.180 e. The Hall–Kier alpha value is -1.45. The monoisotopic (exact) mass is 119 g/mol. The van der Waals surface area contributed by atoms with Crippen molar-refractivity contribution in [2.75, 3.05) is 0 Å². The van der Waals surface area contributed by atoms with Gasteiger partial charge in [0.2, 0.25) is 0 Å². The highest BCUT2D eigenvalue weighted by Crippen LogP contribution is 1.90. The lowest BCUT2D eigenvalue weighted by Gasteiger charge is -1.81. The van der Waals surface area contributed by atoms with Crippen LogP contribution in [0.1, 0.15) is 0 Å². The lowest BCUT2D eigenvalue weighted by molar-refractivity contribution is 0.819. The van der Waals surface area contributed by atoms with E-state index in [1.54, 1.807) is 6.07 Å². The van der Waals surface area contributed by atoms with E-state index in [0.717, 1.165) is 5.65 Å². The zero-order chi connectivity index (χ0) is 6.10. The highest BCUT2D eigenvalue weighted by atomic mass is 15.5. The number of tetrazole rings is 1. The molecule has 9 heavy (non-hydrogen) atoms. The standard InChI is InChI=1S/C5H3N4/c1-2-4-9-5(3-1)6-7-8-9/h1-3H. The van der Waals surface area contributed by atoms with Crippen LogP contribution in [0.3, 0.4) is 0 Å². The second-order valence-corrected chi connectivity index (χ2v) is 1.60. The lowest BCUT2D eigenvalue weighted by Crippen LogP contribution is -1.84. The van der Waals surface area contributed by atoms with Crippen molar-refractivity contribution < 1.29 is 0 Å². The Morgan fingerprint density at radius 1 is 1.56 bits per heavy atom. The van der Waals surface area contributed by atoms with Crippen molar-refractivity contribution in [3.8, 4) is 0 Å². The Kier molecular flexibility index (Phi) is 0.745. The van der Waals surface area contributed by atoms with E-state index in [1.165, 1.54) is 4.52 Å². The van der Waals surface area contributed by atoms with Gasteiger partial charge in [0, 0.05) is 0 Å². The molecule has 0 aromatic carbocycles. The molecule has 0 bridgehead atoms. The first-order chi connectivity index (χ1) is 4.47. The van der Waals surface area contributed by atoms with Gasteiger partial charge >= 0.3 is 0 Å². The van der Waals surface area contributed by atoms with Crippen molar-refractivity contribution in [3.05, 3.63) is 24.4 Å². The van der Waals surface area contributed by atoms with Crippen molar-refractivity contribution in [1.82, 2.24) is 20.0 Å². The Morgan fingerprint density at radius 3 is 3.44 bits per heavy atom. The summed E-state index contributed by atoms with van der Waals surface area (Å²) in [7, 11) is 0. The fourth-order valence-electron chi connectivity index (χ4n) is 0.638. The Morgan fingerprint density at radius 2 is 2.56 bits per heavy atom. The molecule has 2 aromatic heterocycles. The van der Waals surface area contributed by atoms with E-state index in [0.29, 0.717) is 0 Å². The van der Waals surface area contributed by atoms with E-state index in [-0.39, 0.29) is 0 Å². The van der Waals surface area contributed by atoms with E-state index in [2.05, 4.69) is 21.7 Å². The minimum Gasteiger partial charge on any atom is -0.191 e. The van der Waals surface area contributed by atoms with Gasteiger partial charge in [0.1, 0.15) is 0 Å². The Labute approximate surface area is 51.1 Å². The lowest BCUT2D eigenvalue weighted by atomic mass is 10.5. The van der Waals surface area contributed by atoms with Crippen LogP contribution in [0.4, 0.5) is 0 Å². The van der Waals surface area contributed by atoms with Crippen LogP contribution in [-0.2, 0) is 0 Å². The molecule has 0 aliphatic heterocycles. The predicted molar refractivity (Wildman–Crippen MR) is 29.6 cm³/mol. The molecule has 4 heteroatoms. The highest BCUT2D eigenvalue weighted by molar-refractivity contribution is 5.32. The molecule has 0 saturated carbocycles. The van der Waals surface area contributed by atoms with Crippen molar-refractivity contribution >= 4 is 5.65 Å². The molecular formula is C5H3N4. The van der Waals surface area contributed by atoms with Gasteiger partial charge in [0.25, 0.3) is 0 Å². The van der Waals surface area contributed by atoms with Crippen LogP contribution in [0.2, 0.25) is 0 Å². The molecule has 0 saturated heterocycles. The molecule has 0 N–H and O–H groups in total. The first-order valence-corrected chi connectivity index (χ1v) is 2.51. The van der Waals surface area contributed by atoms with Crippen molar-refractivity contribution in [2.45, 2.75) is 0 Å². The van der Waals surface area contributed by atoms with Crippen LogP contribution in [-0.4, -0.2) is 20.0 Å². The van der Waals surface area contributed by atoms with Gasteiger partial charge in [-0.15, -0.1) is 5.10 Å². The summed E-state index contributed by atoms with van der Waals surface area (Å²) >= 11 is 0. The summed E-state index contributed by atoms with van der Waals surface area (Å²) < 4.78 is 1.49. The summed E-state index contributed by atoms with van der Waals surface area (Å²) in [6, 6.07) is 5.41. The SMILES string of the molecule is [c]1cccc2nnnn12. The third-order valence-corrected chi connectivity index (χ3v) is 1.03. The molecule has 0 unspecified atom stereocenters. The van der Waals surface area contributed by atoms with Gasteiger partial charge in [-0.2, -0.15) is 4.52 Å². The van der Waals surface area contributed by atoms with Crippen molar-refractivity contribution in [2.24, 2.45) is 0 Å². The summed E-state index contributed by atoms with van der Waals surface area (Å²) in [6.45, 7) is 0. The van der Waals surface area contributed by atoms with Gasteiger partial charge in [-0.3, -0.25) is 0 Å². The number of hydrogen-bond donors (Lipinski definition) is 0. The van der Waals surface area contributed by atoms with Gasteiger partial charge in [0.05, 0.1) is 6.20 Å². The largest absolute Gasteiger partial charge is 0.191 e. The minimum atomic E-state index is 0.720. The molecule has 2 heterocycles. The van der Waals surface area contributed by atoms with Crippen molar-refractivity contribution in [3.63, 3.8) is 0 Å². The van der Waals surface area contributed by atoms with E-state index >= 15 is 0 Å². The average molecular weight is 119 g/mol. The summed E-state index contributed by atoms with van der Waals surface area (Å²) in [5, 5.41) is 10.7. The minimum absolute atomic E-state index is 0.720. The molecule has 0 aliphatic carbocycles. The summed E-state index contributed by atoms with van der Waals surface area (Å²) in [4.78, 5) is 0. The molecule has 43 valence electrons. The summed E-state index contributed by atoms with van der Waals surface area (Å²) in [5.74, 6) is 0. The van der Waals surface area contributed by atoms with Crippen LogP contribution in [0, 0.1) is 6.20 Å². The van der Waals surface area contributed by atoms with Crippen LogP contribution >= 0.6 is 0 Å². The van der Waals surface area contributed by atoms with Crippen LogP contribution in [0.15, 0.2) is 18.2 Å². The first kappa shape index (κ1) is 4.43. The smallest absolute Gasteiger partial charge is 0.180 e. The molecule has 2 rings (SSSR count). The molecule has 0 amide bonds. The van der Waals surface area contributed by atoms with Crippen LogP contribution in [0.5, 0.6) is 0 Å². The van der Waals surface area contributed by atoms with E-state index in [1.807, 2.05) is 12.1 Å². The van der Waals surface area contributed by atoms with Crippen LogP contribution < -0.4 is 0 Å². The van der Waals surface area contributed by atoms with Gasteiger partial charge < -0.3 is 0 Å². The van der Waals surface area contributed by atoms with E-state index < -0.39 is 0 Å². The summed E-state index contributed by atoms with van der Waals surface area (Å²) in [5.41, 5.74) is 0.720. The number of rotatable bonds is 0. The van der Waals surface area contributed by atoms with Gasteiger partial charge in [-0.05, 0) is 22.6 Å². The zero-order valence-corrected chi connectivity index (χ0v) is 4.52. The average Bonchev–Trinajstić information content (AvgIpc) is 2.33. The van der Waals surface area contributed by atoms with E-state index in [4.69, 9.17) is 0 Å². The fraction of sp³-hybridized carbons (Fsp3) is 0. The summed E-state index contributed by atoms with van der Waals surface area (Å²) in [6.07, 6.45) is 2.81. The molecular weight excluding hydrogens is 116 g/mol. The predicted octanol–water partition coefficient (Wildman–Crippen LogP) is -0.0755. The van der Waals surface area contributed by atoms with Crippen molar-refractivity contribution in [1.29, 1.82) is 0 Å².